The minimum atomic E-state index is -3.89. The summed E-state index contributed by atoms with van der Waals surface area (Å²) in [6, 6.07) is 7.71. The number of nitrogens with two attached hydrogens (primary N) is 1. The molecular weight excluding hydrogens is 376 g/mol. The van der Waals surface area contributed by atoms with Gasteiger partial charge in [-0.2, -0.15) is 0 Å². The van der Waals surface area contributed by atoms with Crippen molar-refractivity contribution in [3.05, 3.63) is 46.3 Å². The minimum absolute atomic E-state index is 0.00131. The third-order valence-electron chi connectivity index (χ3n) is 2.88. The number of hydrogen-bond donors (Lipinski definition) is 2. The standard InChI is InChI=1S/C14H13ClN2O5S2/c1-8(13(18)17-11-5-3-2-4-10(11)15)22-14(19)9-6-12(23-7-9)24(16,20)21/h2-8H,1H3,(H,17,18)(H2,16,20,21). The number of nitrogens with one attached hydrogen (secondary N) is 1. The van der Waals surface area contributed by atoms with Gasteiger partial charge in [0.25, 0.3) is 5.91 Å². The van der Waals surface area contributed by atoms with Gasteiger partial charge in [-0.3, -0.25) is 4.79 Å². The van der Waals surface area contributed by atoms with Gasteiger partial charge in [0.05, 0.1) is 16.3 Å². The van der Waals surface area contributed by atoms with Crippen molar-refractivity contribution in [3.63, 3.8) is 0 Å². The maximum Gasteiger partial charge on any atom is 0.339 e. The van der Waals surface area contributed by atoms with Crippen molar-refractivity contribution in [2.24, 2.45) is 5.14 Å². The Hall–Kier alpha value is -1.94. The molecule has 0 fully saturated rings. The number of esters is 1. The highest BCUT2D eigenvalue weighted by Crippen LogP contribution is 2.22. The van der Waals surface area contributed by atoms with Gasteiger partial charge in [0.2, 0.25) is 10.0 Å². The number of halogens is 1. The van der Waals surface area contributed by atoms with E-state index in [2.05, 4.69) is 5.32 Å². The van der Waals surface area contributed by atoms with E-state index in [0.29, 0.717) is 10.7 Å². The van der Waals surface area contributed by atoms with Gasteiger partial charge < -0.3 is 10.1 Å². The second-order valence-electron chi connectivity index (χ2n) is 4.72. The van der Waals surface area contributed by atoms with Crippen LogP contribution >= 0.6 is 22.9 Å². The first-order valence-electron chi connectivity index (χ1n) is 6.56. The Labute approximate surface area is 147 Å². The zero-order valence-electron chi connectivity index (χ0n) is 12.4. The fourth-order valence-electron chi connectivity index (χ4n) is 1.65. The van der Waals surface area contributed by atoms with Gasteiger partial charge in [0.15, 0.2) is 6.10 Å². The Morgan fingerprint density at radius 1 is 1.33 bits per heavy atom. The number of thiophene rings is 1. The zero-order chi connectivity index (χ0) is 17.9. The van der Waals surface area contributed by atoms with Crippen LogP contribution in [0.25, 0.3) is 0 Å². The van der Waals surface area contributed by atoms with Gasteiger partial charge in [0, 0.05) is 5.38 Å². The first kappa shape index (κ1) is 18.4. The summed E-state index contributed by atoms with van der Waals surface area (Å²) < 4.78 is 27.2. The van der Waals surface area contributed by atoms with Crippen LogP contribution < -0.4 is 10.5 Å². The first-order valence-corrected chi connectivity index (χ1v) is 9.36. The number of anilines is 1. The smallest absolute Gasteiger partial charge is 0.339 e. The van der Waals surface area contributed by atoms with Crippen LogP contribution in [0.15, 0.2) is 39.9 Å². The number of primary sulfonamides is 1. The molecule has 0 aliphatic carbocycles. The molecule has 1 aromatic carbocycles. The van der Waals surface area contributed by atoms with Crippen molar-refractivity contribution in [2.45, 2.75) is 17.2 Å². The number of para-hydroxylation sites is 1. The molecule has 1 amide bonds. The number of carbonyl (C=O) groups excluding carboxylic acids is 2. The van der Waals surface area contributed by atoms with E-state index in [0.717, 1.165) is 17.4 Å². The molecule has 0 aliphatic rings. The van der Waals surface area contributed by atoms with E-state index in [1.807, 2.05) is 0 Å². The quantitative estimate of drug-likeness (QED) is 0.762. The van der Waals surface area contributed by atoms with E-state index in [1.165, 1.54) is 12.3 Å². The summed E-state index contributed by atoms with van der Waals surface area (Å²) in [6.07, 6.45) is -1.10. The van der Waals surface area contributed by atoms with Crippen molar-refractivity contribution in [1.29, 1.82) is 0 Å². The average Bonchev–Trinajstić information content (AvgIpc) is 2.99. The Kier molecular flexibility index (Phi) is 5.60. The molecule has 10 heteroatoms. The van der Waals surface area contributed by atoms with Crippen LogP contribution in [0.4, 0.5) is 5.69 Å². The molecule has 1 unspecified atom stereocenters. The summed E-state index contributed by atoms with van der Waals surface area (Å²) in [5.74, 6) is -1.40. The largest absolute Gasteiger partial charge is 0.449 e. The predicted octanol–water partition coefficient (Wildman–Crippen LogP) is 2.23. The van der Waals surface area contributed by atoms with Gasteiger partial charge >= 0.3 is 5.97 Å². The summed E-state index contributed by atoms with van der Waals surface area (Å²) in [5, 5.41) is 9.15. The molecule has 2 rings (SSSR count). The molecule has 0 aliphatic heterocycles. The topological polar surface area (TPSA) is 116 Å². The average molecular weight is 389 g/mol. The van der Waals surface area contributed by atoms with Crippen LogP contribution in [-0.4, -0.2) is 26.4 Å². The van der Waals surface area contributed by atoms with E-state index in [4.69, 9.17) is 21.5 Å². The number of amides is 1. The van der Waals surface area contributed by atoms with Crippen molar-refractivity contribution in [1.82, 2.24) is 0 Å². The summed E-state index contributed by atoms with van der Waals surface area (Å²) in [5.41, 5.74) is 0.389. The highest BCUT2D eigenvalue weighted by atomic mass is 35.5. The van der Waals surface area contributed by atoms with Gasteiger partial charge in [-0.1, -0.05) is 23.7 Å². The molecule has 2 aromatic rings. The molecule has 7 nitrogen and oxygen atoms in total. The predicted molar refractivity (Wildman–Crippen MR) is 90.7 cm³/mol. The number of hydrogen-bond acceptors (Lipinski definition) is 6. The number of carbonyl (C=O) groups is 2. The zero-order valence-corrected chi connectivity index (χ0v) is 14.7. The van der Waals surface area contributed by atoms with Crippen LogP contribution in [0.2, 0.25) is 5.02 Å². The van der Waals surface area contributed by atoms with Crippen molar-refractivity contribution in [2.75, 3.05) is 5.32 Å². The number of benzene rings is 1. The van der Waals surface area contributed by atoms with Crippen LogP contribution in [0.3, 0.4) is 0 Å². The summed E-state index contributed by atoms with van der Waals surface area (Å²) in [6.45, 7) is 1.39. The van der Waals surface area contributed by atoms with Crippen LogP contribution in [0.5, 0.6) is 0 Å². The van der Waals surface area contributed by atoms with Crippen molar-refractivity contribution < 1.29 is 22.7 Å². The van der Waals surface area contributed by atoms with E-state index in [9.17, 15) is 18.0 Å². The highest BCUT2D eigenvalue weighted by Gasteiger charge is 2.22. The van der Waals surface area contributed by atoms with Gasteiger partial charge in [0.1, 0.15) is 4.21 Å². The number of ether oxygens (including phenoxy) is 1. The van der Waals surface area contributed by atoms with E-state index in [-0.39, 0.29) is 9.77 Å². The van der Waals surface area contributed by atoms with Crippen LogP contribution in [0.1, 0.15) is 17.3 Å². The summed E-state index contributed by atoms with van der Waals surface area (Å²) in [7, 11) is -3.89. The fraction of sp³-hybridized carbons (Fsp3) is 0.143. The fourth-order valence-corrected chi connectivity index (χ4v) is 3.41. The molecule has 1 atom stereocenters. The third kappa shape index (κ3) is 4.54. The summed E-state index contributed by atoms with van der Waals surface area (Å²) in [4.78, 5) is 24.0. The molecule has 1 aromatic heterocycles. The van der Waals surface area contributed by atoms with Gasteiger partial charge in [-0.05, 0) is 25.1 Å². The molecule has 24 heavy (non-hydrogen) atoms. The van der Waals surface area contributed by atoms with E-state index in [1.54, 1.807) is 24.3 Å². The Morgan fingerprint density at radius 3 is 2.58 bits per heavy atom. The van der Waals surface area contributed by atoms with E-state index >= 15 is 0 Å². The molecule has 0 saturated heterocycles. The number of sulfonamides is 1. The SMILES string of the molecule is CC(OC(=O)c1csc(S(N)(=O)=O)c1)C(=O)Nc1ccccc1Cl. The molecule has 0 bridgehead atoms. The Morgan fingerprint density at radius 2 is 2.00 bits per heavy atom. The van der Waals surface area contributed by atoms with Crippen molar-refractivity contribution in [3.8, 4) is 0 Å². The second-order valence-corrected chi connectivity index (χ2v) is 7.82. The lowest BCUT2D eigenvalue weighted by Crippen LogP contribution is -2.30. The molecule has 0 spiro atoms. The Balaban J connectivity index is 2.02. The monoisotopic (exact) mass is 388 g/mol. The van der Waals surface area contributed by atoms with Crippen LogP contribution in [0, 0.1) is 0 Å². The molecular formula is C14H13ClN2O5S2. The molecule has 3 N–H and O–H groups in total. The van der Waals surface area contributed by atoms with E-state index < -0.39 is 28.0 Å². The molecule has 0 saturated carbocycles. The Bertz CT molecular complexity index is 879. The minimum Gasteiger partial charge on any atom is -0.449 e. The number of rotatable bonds is 5. The highest BCUT2D eigenvalue weighted by molar-refractivity contribution is 7.91. The maximum atomic E-state index is 12.0. The van der Waals surface area contributed by atoms with Crippen LogP contribution in [-0.2, 0) is 19.6 Å². The molecule has 0 radical (unpaired) electrons. The summed E-state index contributed by atoms with van der Waals surface area (Å²) >= 11 is 6.72. The normalized spacial score (nSPS) is 12.5. The molecule has 128 valence electrons. The molecule has 1 heterocycles. The lowest BCUT2D eigenvalue weighted by molar-refractivity contribution is -0.123. The van der Waals surface area contributed by atoms with Gasteiger partial charge in [-0.25, -0.2) is 18.4 Å². The van der Waals surface area contributed by atoms with Crippen molar-refractivity contribution >= 4 is 50.5 Å². The lowest BCUT2D eigenvalue weighted by Gasteiger charge is -2.13. The maximum absolute atomic E-state index is 12.0. The third-order valence-corrected chi connectivity index (χ3v) is 5.59. The second kappa shape index (κ2) is 7.31. The van der Waals surface area contributed by atoms with Gasteiger partial charge in [-0.15, -0.1) is 11.3 Å². The lowest BCUT2D eigenvalue weighted by atomic mass is 10.3. The first-order chi connectivity index (χ1) is 11.2.